The van der Waals surface area contributed by atoms with Gasteiger partial charge in [0.25, 0.3) is 0 Å². The van der Waals surface area contributed by atoms with Crippen molar-refractivity contribution in [3.63, 3.8) is 0 Å². The van der Waals surface area contributed by atoms with E-state index in [0.717, 1.165) is 43.0 Å². The molecule has 1 amide bonds. The van der Waals surface area contributed by atoms with E-state index in [-0.39, 0.29) is 12.0 Å². The summed E-state index contributed by atoms with van der Waals surface area (Å²) in [6.45, 7) is 3.42. The average molecular weight is 254 g/mol. The molecule has 1 saturated heterocycles. The highest BCUT2D eigenvalue weighted by Crippen LogP contribution is 2.12. The molecule has 0 aliphatic carbocycles. The molecule has 0 aromatic carbocycles. The predicted octanol–water partition coefficient (Wildman–Crippen LogP) is 1.68. The molecule has 1 aromatic rings. The van der Waals surface area contributed by atoms with Crippen molar-refractivity contribution < 1.29 is 9.53 Å². The van der Waals surface area contributed by atoms with Crippen LogP contribution in [0.15, 0.2) is 5.38 Å². The summed E-state index contributed by atoms with van der Waals surface area (Å²) in [6.07, 6.45) is 3.51. The Kier molecular flexibility index (Phi) is 4.50. The zero-order chi connectivity index (χ0) is 12.1. The number of aryl methyl sites for hydroxylation is 2. The number of hydrogen-bond acceptors (Lipinski definition) is 4. The third-order valence-corrected chi connectivity index (χ3v) is 3.78. The van der Waals surface area contributed by atoms with Crippen molar-refractivity contribution in [3.05, 3.63) is 16.1 Å². The van der Waals surface area contributed by atoms with Crippen LogP contribution < -0.4 is 5.32 Å². The van der Waals surface area contributed by atoms with Gasteiger partial charge in [0.15, 0.2) is 0 Å². The molecule has 0 bridgehead atoms. The highest BCUT2D eigenvalue weighted by molar-refractivity contribution is 7.09. The van der Waals surface area contributed by atoms with Crippen molar-refractivity contribution in [1.82, 2.24) is 10.3 Å². The lowest BCUT2D eigenvalue weighted by Gasteiger charge is -2.09. The normalized spacial score (nSPS) is 19.5. The lowest BCUT2D eigenvalue weighted by Crippen LogP contribution is -2.34. The maximum absolute atomic E-state index is 11.6. The molecular weight excluding hydrogens is 236 g/mol. The first-order valence-electron chi connectivity index (χ1n) is 6.06. The highest BCUT2D eigenvalue weighted by atomic mass is 32.1. The minimum atomic E-state index is -0.211. The second-order valence-electron chi connectivity index (χ2n) is 4.28. The third kappa shape index (κ3) is 3.78. The van der Waals surface area contributed by atoms with Crippen molar-refractivity contribution in [2.45, 2.75) is 38.7 Å². The Hall–Kier alpha value is -0.940. The van der Waals surface area contributed by atoms with Gasteiger partial charge in [-0.25, -0.2) is 4.98 Å². The van der Waals surface area contributed by atoms with Crippen LogP contribution in [0.1, 0.15) is 30.0 Å². The second-order valence-corrected chi connectivity index (χ2v) is 5.22. The Morgan fingerprint density at radius 2 is 2.59 bits per heavy atom. The maximum atomic E-state index is 11.6. The van der Waals surface area contributed by atoms with Crippen molar-refractivity contribution in [1.29, 1.82) is 0 Å². The molecule has 1 atom stereocenters. The summed E-state index contributed by atoms with van der Waals surface area (Å²) >= 11 is 1.69. The predicted molar refractivity (Wildman–Crippen MR) is 67.2 cm³/mol. The zero-order valence-electron chi connectivity index (χ0n) is 10.1. The summed E-state index contributed by atoms with van der Waals surface area (Å²) in [5.41, 5.74) is 1.08. The van der Waals surface area contributed by atoms with Crippen LogP contribution in [0.5, 0.6) is 0 Å². The molecule has 1 aromatic heterocycles. The molecule has 1 aliphatic heterocycles. The van der Waals surface area contributed by atoms with Gasteiger partial charge in [-0.15, -0.1) is 11.3 Å². The number of amides is 1. The van der Waals surface area contributed by atoms with E-state index in [2.05, 4.69) is 15.7 Å². The van der Waals surface area contributed by atoms with Crippen molar-refractivity contribution in [2.75, 3.05) is 13.2 Å². The Morgan fingerprint density at radius 1 is 1.71 bits per heavy atom. The Labute approximate surface area is 105 Å². The molecule has 0 radical (unpaired) electrons. The largest absolute Gasteiger partial charge is 0.368 e. The van der Waals surface area contributed by atoms with E-state index < -0.39 is 0 Å². The van der Waals surface area contributed by atoms with Gasteiger partial charge < -0.3 is 10.1 Å². The molecule has 17 heavy (non-hydrogen) atoms. The molecule has 1 N–H and O–H groups in total. The van der Waals surface area contributed by atoms with Crippen LogP contribution in [0, 0.1) is 6.92 Å². The lowest BCUT2D eigenvalue weighted by molar-refractivity contribution is -0.130. The maximum Gasteiger partial charge on any atom is 0.249 e. The van der Waals surface area contributed by atoms with Crippen LogP contribution in [0.4, 0.5) is 0 Å². The molecule has 0 spiro atoms. The van der Waals surface area contributed by atoms with Crippen molar-refractivity contribution in [2.24, 2.45) is 0 Å². The molecule has 1 fully saturated rings. The second kappa shape index (κ2) is 6.12. The fourth-order valence-electron chi connectivity index (χ4n) is 1.87. The number of carbonyl (C=O) groups excluding carboxylic acids is 1. The molecule has 4 nitrogen and oxygen atoms in total. The van der Waals surface area contributed by atoms with E-state index in [0.29, 0.717) is 6.54 Å². The number of rotatable bonds is 5. The summed E-state index contributed by atoms with van der Waals surface area (Å²) in [7, 11) is 0. The number of thiazole rings is 1. The average Bonchev–Trinajstić information content (AvgIpc) is 2.95. The number of aromatic nitrogens is 1. The van der Waals surface area contributed by atoms with E-state index in [4.69, 9.17) is 4.74 Å². The molecule has 94 valence electrons. The number of ether oxygens (including phenoxy) is 1. The summed E-state index contributed by atoms with van der Waals surface area (Å²) < 4.78 is 5.31. The van der Waals surface area contributed by atoms with E-state index in [1.165, 1.54) is 0 Å². The summed E-state index contributed by atoms with van der Waals surface area (Å²) in [4.78, 5) is 16.0. The number of hydrogen-bond donors (Lipinski definition) is 1. The van der Waals surface area contributed by atoms with Crippen LogP contribution in [0.2, 0.25) is 0 Å². The fraction of sp³-hybridized carbons (Fsp3) is 0.667. The number of carbonyl (C=O) groups is 1. The first kappa shape index (κ1) is 12.5. The summed E-state index contributed by atoms with van der Waals surface area (Å²) in [5, 5.41) is 6.12. The first-order chi connectivity index (χ1) is 8.25. The Balaban J connectivity index is 1.61. The van der Waals surface area contributed by atoms with Gasteiger partial charge in [-0.05, 0) is 26.2 Å². The van der Waals surface area contributed by atoms with Gasteiger partial charge in [0, 0.05) is 30.6 Å². The van der Waals surface area contributed by atoms with Crippen molar-refractivity contribution in [3.8, 4) is 0 Å². The topological polar surface area (TPSA) is 51.2 Å². The third-order valence-electron chi connectivity index (χ3n) is 2.76. The van der Waals surface area contributed by atoms with E-state index in [1.54, 1.807) is 11.3 Å². The lowest BCUT2D eigenvalue weighted by atomic mass is 10.2. The quantitative estimate of drug-likeness (QED) is 0.813. The van der Waals surface area contributed by atoms with E-state index in [9.17, 15) is 4.79 Å². The number of nitrogens with one attached hydrogen (secondary N) is 1. The Bertz CT molecular complexity index is 372. The van der Waals surface area contributed by atoms with Gasteiger partial charge in [0.2, 0.25) is 5.91 Å². The van der Waals surface area contributed by atoms with Crippen LogP contribution in [0.3, 0.4) is 0 Å². The minimum absolute atomic E-state index is 0.0396. The van der Waals surface area contributed by atoms with Gasteiger partial charge >= 0.3 is 0 Å². The van der Waals surface area contributed by atoms with Gasteiger partial charge in [0.1, 0.15) is 6.10 Å². The molecule has 2 rings (SSSR count). The van der Waals surface area contributed by atoms with Crippen LogP contribution in [0.25, 0.3) is 0 Å². The highest BCUT2D eigenvalue weighted by Gasteiger charge is 2.22. The molecule has 1 aliphatic rings. The molecule has 0 unspecified atom stereocenters. The smallest absolute Gasteiger partial charge is 0.249 e. The molecular formula is C12H18N2O2S. The molecule has 0 saturated carbocycles. The standard InChI is InChI=1S/C12H18N2O2S/c1-9-8-17-11(14-9)5-2-6-13-12(15)10-4-3-7-16-10/h8,10H,2-7H2,1H3,(H,13,15)/t10-/m1/s1. The van der Waals surface area contributed by atoms with Crippen LogP contribution >= 0.6 is 11.3 Å². The number of nitrogens with zero attached hydrogens (tertiary/aromatic N) is 1. The molecule has 2 heterocycles. The molecule has 5 heteroatoms. The Morgan fingerprint density at radius 3 is 3.24 bits per heavy atom. The SMILES string of the molecule is Cc1csc(CCCNC(=O)[C@H]2CCCO2)n1. The van der Waals surface area contributed by atoms with E-state index in [1.807, 2.05) is 6.92 Å². The fourth-order valence-corrected chi connectivity index (χ4v) is 2.69. The zero-order valence-corrected chi connectivity index (χ0v) is 10.9. The van der Waals surface area contributed by atoms with Crippen LogP contribution in [-0.4, -0.2) is 30.1 Å². The van der Waals surface area contributed by atoms with Crippen LogP contribution in [-0.2, 0) is 16.0 Å². The van der Waals surface area contributed by atoms with Gasteiger partial charge in [-0.3, -0.25) is 4.79 Å². The van der Waals surface area contributed by atoms with Gasteiger partial charge in [-0.1, -0.05) is 0 Å². The monoisotopic (exact) mass is 254 g/mol. The summed E-state index contributed by atoms with van der Waals surface area (Å²) in [5.74, 6) is 0.0396. The first-order valence-corrected chi connectivity index (χ1v) is 6.94. The van der Waals surface area contributed by atoms with Gasteiger partial charge in [-0.2, -0.15) is 0 Å². The minimum Gasteiger partial charge on any atom is -0.368 e. The van der Waals surface area contributed by atoms with Gasteiger partial charge in [0.05, 0.1) is 5.01 Å². The van der Waals surface area contributed by atoms with E-state index >= 15 is 0 Å². The summed E-state index contributed by atoms with van der Waals surface area (Å²) in [6, 6.07) is 0. The van der Waals surface area contributed by atoms with Crippen molar-refractivity contribution >= 4 is 17.2 Å².